The normalized spacial score (nSPS) is 17.1. The van der Waals surface area contributed by atoms with Crippen LogP contribution in [0.5, 0.6) is 0 Å². The largest absolute Gasteiger partial charge is 0.389 e. The van der Waals surface area contributed by atoms with Crippen LogP contribution in [-0.2, 0) is 0 Å². The molecule has 72 valence electrons. The van der Waals surface area contributed by atoms with Crippen molar-refractivity contribution in [2.24, 2.45) is 11.7 Å². The molecule has 0 aliphatic carbocycles. The molecule has 0 fully saturated rings. The Labute approximate surface area is 70.4 Å². The molecule has 0 bridgehead atoms. The Morgan fingerprint density at radius 1 is 1.50 bits per heavy atom. The summed E-state index contributed by atoms with van der Waals surface area (Å²) >= 11 is 0. The molecule has 2 atom stereocenters. The zero-order valence-corrected chi connectivity index (χ0v) is 7.06. The fraction of sp³-hybridized carbons (Fsp3) is 0.750. The van der Waals surface area contributed by atoms with Crippen molar-refractivity contribution in [3.05, 3.63) is 12.7 Å². The van der Waals surface area contributed by atoms with E-state index in [0.717, 1.165) is 0 Å². The molecule has 2 unspecified atom stereocenters. The average Bonchev–Trinajstić information content (AvgIpc) is 1.97. The van der Waals surface area contributed by atoms with E-state index in [1.807, 2.05) is 0 Å². The van der Waals surface area contributed by atoms with Gasteiger partial charge in [0, 0.05) is 12.5 Å². The number of hydrogen-bond donors (Lipinski definition) is 1. The van der Waals surface area contributed by atoms with Gasteiger partial charge in [-0.1, -0.05) is 13.0 Å². The van der Waals surface area contributed by atoms with Crippen LogP contribution in [0.1, 0.15) is 19.8 Å². The molecule has 0 aromatic heterocycles. The lowest BCUT2D eigenvalue weighted by molar-refractivity contribution is -0.136. The first-order valence-corrected chi connectivity index (χ1v) is 3.81. The second-order valence-electron chi connectivity index (χ2n) is 2.91. The minimum absolute atomic E-state index is 0.0311. The van der Waals surface area contributed by atoms with Gasteiger partial charge in [-0.3, -0.25) is 0 Å². The van der Waals surface area contributed by atoms with E-state index in [4.69, 9.17) is 5.73 Å². The van der Waals surface area contributed by atoms with Crippen LogP contribution in [0.2, 0.25) is 0 Å². The Balaban J connectivity index is 3.71. The van der Waals surface area contributed by atoms with Gasteiger partial charge in [-0.15, -0.1) is 6.58 Å². The highest BCUT2D eigenvalue weighted by atomic mass is 19.4. The Bertz CT molecular complexity index is 142. The standard InChI is InChI=1S/C8H14F3N/c1-3-6(2)7(12)4-5-8(9,10)11/h3,6-7H,1,4-5,12H2,2H3. The molecule has 0 radical (unpaired) electrons. The van der Waals surface area contributed by atoms with Crippen molar-refractivity contribution in [1.29, 1.82) is 0 Å². The Kier molecular flexibility index (Phi) is 4.31. The molecule has 0 saturated carbocycles. The quantitative estimate of drug-likeness (QED) is 0.662. The third-order valence-electron chi connectivity index (χ3n) is 1.81. The van der Waals surface area contributed by atoms with Gasteiger partial charge in [-0.2, -0.15) is 13.2 Å². The summed E-state index contributed by atoms with van der Waals surface area (Å²) in [5.41, 5.74) is 5.46. The third kappa shape index (κ3) is 5.18. The van der Waals surface area contributed by atoms with E-state index in [0.29, 0.717) is 0 Å². The lowest BCUT2D eigenvalue weighted by Crippen LogP contribution is -2.28. The van der Waals surface area contributed by atoms with Gasteiger partial charge in [0.2, 0.25) is 0 Å². The van der Waals surface area contributed by atoms with E-state index in [2.05, 4.69) is 6.58 Å². The van der Waals surface area contributed by atoms with Crippen molar-refractivity contribution in [3.63, 3.8) is 0 Å². The maximum atomic E-state index is 11.7. The van der Waals surface area contributed by atoms with Gasteiger partial charge in [-0.25, -0.2) is 0 Å². The van der Waals surface area contributed by atoms with Crippen molar-refractivity contribution in [2.45, 2.75) is 32.0 Å². The number of rotatable bonds is 4. The highest BCUT2D eigenvalue weighted by Gasteiger charge is 2.28. The van der Waals surface area contributed by atoms with Gasteiger partial charge in [0.15, 0.2) is 0 Å². The van der Waals surface area contributed by atoms with Crippen LogP contribution in [0, 0.1) is 5.92 Å². The summed E-state index contributed by atoms with van der Waals surface area (Å²) in [5, 5.41) is 0. The molecule has 0 aliphatic rings. The van der Waals surface area contributed by atoms with E-state index < -0.39 is 18.6 Å². The Morgan fingerprint density at radius 3 is 2.33 bits per heavy atom. The Morgan fingerprint density at radius 2 is 2.00 bits per heavy atom. The molecule has 2 N–H and O–H groups in total. The van der Waals surface area contributed by atoms with E-state index >= 15 is 0 Å². The van der Waals surface area contributed by atoms with Gasteiger partial charge in [0.05, 0.1) is 0 Å². The molecule has 1 nitrogen and oxygen atoms in total. The molecular weight excluding hydrogens is 167 g/mol. The maximum absolute atomic E-state index is 11.7. The topological polar surface area (TPSA) is 26.0 Å². The number of halogens is 3. The van der Waals surface area contributed by atoms with E-state index in [1.165, 1.54) is 0 Å². The fourth-order valence-electron chi connectivity index (χ4n) is 0.768. The lowest BCUT2D eigenvalue weighted by Gasteiger charge is -2.16. The average molecular weight is 181 g/mol. The van der Waals surface area contributed by atoms with Crippen LogP contribution in [0.15, 0.2) is 12.7 Å². The van der Waals surface area contributed by atoms with Crippen molar-refractivity contribution in [2.75, 3.05) is 0 Å². The van der Waals surface area contributed by atoms with Crippen molar-refractivity contribution in [1.82, 2.24) is 0 Å². The first kappa shape index (κ1) is 11.5. The van der Waals surface area contributed by atoms with Crippen LogP contribution >= 0.6 is 0 Å². The van der Waals surface area contributed by atoms with Crippen LogP contribution in [-0.4, -0.2) is 12.2 Å². The van der Waals surface area contributed by atoms with Crippen LogP contribution < -0.4 is 5.73 Å². The summed E-state index contributed by atoms with van der Waals surface area (Å²) in [4.78, 5) is 0. The molecular formula is C8H14F3N. The smallest absolute Gasteiger partial charge is 0.327 e. The first-order valence-electron chi connectivity index (χ1n) is 3.81. The van der Waals surface area contributed by atoms with E-state index in [9.17, 15) is 13.2 Å². The van der Waals surface area contributed by atoms with Crippen molar-refractivity contribution >= 4 is 0 Å². The molecule has 0 rings (SSSR count). The molecule has 0 saturated heterocycles. The minimum atomic E-state index is -4.10. The van der Waals surface area contributed by atoms with Crippen LogP contribution in [0.3, 0.4) is 0 Å². The highest BCUT2D eigenvalue weighted by molar-refractivity contribution is 4.83. The maximum Gasteiger partial charge on any atom is 0.389 e. The van der Waals surface area contributed by atoms with Gasteiger partial charge >= 0.3 is 6.18 Å². The predicted octanol–water partition coefficient (Wildman–Crippen LogP) is 2.48. The number of nitrogens with two attached hydrogens (primary N) is 1. The summed E-state index contributed by atoms with van der Waals surface area (Å²) in [6.45, 7) is 5.22. The molecule has 12 heavy (non-hydrogen) atoms. The monoisotopic (exact) mass is 181 g/mol. The van der Waals surface area contributed by atoms with Crippen LogP contribution in [0.4, 0.5) is 13.2 Å². The minimum Gasteiger partial charge on any atom is -0.327 e. The second-order valence-corrected chi connectivity index (χ2v) is 2.91. The summed E-state index contributed by atoms with van der Waals surface area (Å²) in [5.74, 6) is -0.0626. The summed E-state index contributed by atoms with van der Waals surface area (Å²) in [6, 6.07) is -0.441. The second kappa shape index (κ2) is 4.50. The van der Waals surface area contributed by atoms with E-state index in [-0.39, 0.29) is 12.3 Å². The fourth-order valence-corrected chi connectivity index (χ4v) is 0.768. The molecule has 4 heteroatoms. The molecule has 0 amide bonds. The molecule has 0 aromatic rings. The summed E-state index contributed by atoms with van der Waals surface area (Å²) in [6.07, 6.45) is -3.37. The Hall–Kier alpha value is -0.510. The van der Waals surface area contributed by atoms with Gasteiger partial charge < -0.3 is 5.73 Å². The zero-order chi connectivity index (χ0) is 9.78. The highest BCUT2D eigenvalue weighted by Crippen LogP contribution is 2.23. The third-order valence-corrected chi connectivity index (χ3v) is 1.81. The van der Waals surface area contributed by atoms with Gasteiger partial charge in [0.25, 0.3) is 0 Å². The molecule has 0 aliphatic heterocycles. The van der Waals surface area contributed by atoms with Gasteiger partial charge in [0.1, 0.15) is 0 Å². The zero-order valence-electron chi connectivity index (χ0n) is 7.06. The molecule has 0 aromatic carbocycles. The summed E-state index contributed by atoms with van der Waals surface area (Å²) in [7, 11) is 0. The molecule has 0 spiro atoms. The summed E-state index contributed by atoms with van der Waals surface area (Å²) < 4.78 is 35.1. The van der Waals surface area contributed by atoms with Crippen molar-refractivity contribution in [3.8, 4) is 0 Å². The first-order chi connectivity index (χ1) is 5.37. The molecule has 0 heterocycles. The number of alkyl halides is 3. The van der Waals surface area contributed by atoms with Crippen molar-refractivity contribution < 1.29 is 13.2 Å². The number of hydrogen-bond acceptors (Lipinski definition) is 1. The SMILES string of the molecule is C=CC(C)C(N)CCC(F)(F)F. The van der Waals surface area contributed by atoms with Crippen LogP contribution in [0.25, 0.3) is 0 Å². The lowest BCUT2D eigenvalue weighted by atomic mass is 9.98. The predicted molar refractivity (Wildman–Crippen MR) is 42.6 cm³/mol. The van der Waals surface area contributed by atoms with E-state index in [1.54, 1.807) is 13.0 Å². The van der Waals surface area contributed by atoms with Gasteiger partial charge in [-0.05, 0) is 12.3 Å².